The molecule has 0 saturated carbocycles. The lowest BCUT2D eigenvalue weighted by atomic mass is 9.99. The molecule has 342 valence electrons. The van der Waals surface area contributed by atoms with Gasteiger partial charge in [0.25, 0.3) is 0 Å². The van der Waals surface area contributed by atoms with Gasteiger partial charge in [0.15, 0.2) is 6.29 Å². The molecular formula is C49H93NO8. The summed E-state index contributed by atoms with van der Waals surface area (Å²) in [4.78, 5) is 13.0. The Balaban J connectivity index is 2.21. The highest BCUT2D eigenvalue weighted by atomic mass is 16.7. The fraction of sp³-hybridized carbons (Fsp3) is 0.898. The van der Waals surface area contributed by atoms with E-state index in [1.807, 2.05) is 0 Å². The third kappa shape index (κ3) is 29.8. The monoisotopic (exact) mass is 824 g/mol. The van der Waals surface area contributed by atoms with E-state index in [1.165, 1.54) is 154 Å². The first kappa shape index (κ1) is 54.7. The second kappa shape index (κ2) is 39.8. The Morgan fingerprint density at radius 1 is 0.586 bits per heavy atom. The molecule has 9 heteroatoms. The quantitative estimate of drug-likeness (QED) is 0.0264. The van der Waals surface area contributed by atoms with Crippen LogP contribution in [-0.2, 0) is 14.3 Å². The Labute approximate surface area is 356 Å². The van der Waals surface area contributed by atoms with E-state index in [2.05, 4.69) is 43.5 Å². The molecule has 58 heavy (non-hydrogen) atoms. The van der Waals surface area contributed by atoms with E-state index in [0.717, 1.165) is 44.9 Å². The minimum Gasteiger partial charge on any atom is -0.394 e. The summed E-state index contributed by atoms with van der Waals surface area (Å²) < 4.78 is 11.2. The van der Waals surface area contributed by atoms with Crippen LogP contribution in [0.15, 0.2) is 24.3 Å². The summed E-state index contributed by atoms with van der Waals surface area (Å²) in [5.41, 5.74) is 0. The lowest BCUT2D eigenvalue weighted by molar-refractivity contribution is -0.302. The minimum absolute atomic E-state index is 0.138. The first-order valence-electron chi connectivity index (χ1n) is 24.5. The van der Waals surface area contributed by atoms with Crippen molar-refractivity contribution in [1.82, 2.24) is 5.32 Å². The number of hydrogen-bond acceptors (Lipinski definition) is 8. The van der Waals surface area contributed by atoms with Crippen molar-refractivity contribution in [2.45, 2.75) is 269 Å². The van der Waals surface area contributed by atoms with Crippen molar-refractivity contribution in [3.8, 4) is 0 Å². The zero-order chi connectivity index (χ0) is 42.3. The Morgan fingerprint density at radius 2 is 1.02 bits per heavy atom. The highest BCUT2D eigenvalue weighted by Gasteiger charge is 2.44. The Hall–Kier alpha value is -1.33. The molecule has 0 aliphatic carbocycles. The molecule has 0 bridgehead atoms. The number of nitrogens with one attached hydrogen (secondary N) is 1. The van der Waals surface area contributed by atoms with Gasteiger partial charge in [-0.15, -0.1) is 0 Å². The van der Waals surface area contributed by atoms with Crippen LogP contribution in [0.2, 0.25) is 0 Å². The van der Waals surface area contributed by atoms with Gasteiger partial charge in [0.1, 0.15) is 24.4 Å². The van der Waals surface area contributed by atoms with Crippen LogP contribution in [0.3, 0.4) is 0 Å². The van der Waals surface area contributed by atoms with Crippen LogP contribution >= 0.6 is 0 Å². The summed E-state index contributed by atoms with van der Waals surface area (Å²) in [5, 5.41) is 54.3. The second-order valence-electron chi connectivity index (χ2n) is 17.3. The molecule has 6 N–H and O–H groups in total. The fourth-order valence-corrected chi connectivity index (χ4v) is 7.84. The summed E-state index contributed by atoms with van der Waals surface area (Å²) in [6, 6.07) is -0.718. The molecule has 1 aliphatic heterocycles. The molecule has 1 rings (SSSR count). The summed E-state index contributed by atoms with van der Waals surface area (Å²) >= 11 is 0. The lowest BCUT2D eigenvalue weighted by Crippen LogP contribution is -2.60. The number of aliphatic hydroxyl groups excluding tert-OH is 5. The SMILES string of the molecule is CCCCCCCCCCC/C=C\C/C=C\CCCCCCCCCCCC(=O)NC(COC1OC(CO)C(O)C(O)C1O)C(O)CCCCCCCCCCCC. The van der Waals surface area contributed by atoms with Gasteiger partial charge in [-0.3, -0.25) is 4.79 Å². The van der Waals surface area contributed by atoms with Crippen LogP contribution in [0.1, 0.15) is 226 Å². The first-order valence-corrected chi connectivity index (χ1v) is 24.5. The van der Waals surface area contributed by atoms with Crippen LogP contribution in [-0.4, -0.2) is 87.5 Å². The van der Waals surface area contributed by atoms with Gasteiger partial charge in [0.05, 0.1) is 25.4 Å². The molecule has 1 saturated heterocycles. The van der Waals surface area contributed by atoms with Crippen LogP contribution in [0.4, 0.5) is 0 Å². The fourth-order valence-electron chi connectivity index (χ4n) is 7.84. The predicted octanol–water partition coefficient (Wildman–Crippen LogP) is 10.7. The van der Waals surface area contributed by atoms with Gasteiger partial charge in [-0.05, 0) is 44.9 Å². The van der Waals surface area contributed by atoms with E-state index in [9.17, 15) is 30.3 Å². The van der Waals surface area contributed by atoms with E-state index in [0.29, 0.717) is 12.8 Å². The van der Waals surface area contributed by atoms with Gasteiger partial charge in [-0.2, -0.15) is 0 Å². The topological polar surface area (TPSA) is 149 Å². The van der Waals surface area contributed by atoms with Crippen molar-refractivity contribution in [3.05, 3.63) is 24.3 Å². The molecule has 0 aromatic carbocycles. The molecule has 1 amide bonds. The molecule has 1 fully saturated rings. The van der Waals surface area contributed by atoms with Gasteiger partial charge in [-0.25, -0.2) is 0 Å². The Kier molecular flexibility index (Phi) is 37.5. The zero-order valence-electron chi connectivity index (χ0n) is 37.6. The van der Waals surface area contributed by atoms with Crippen LogP contribution in [0, 0.1) is 0 Å². The lowest BCUT2D eigenvalue weighted by Gasteiger charge is -2.40. The number of rotatable bonds is 41. The van der Waals surface area contributed by atoms with E-state index in [4.69, 9.17) is 9.47 Å². The van der Waals surface area contributed by atoms with Crippen molar-refractivity contribution >= 4 is 5.91 Å². The van der Waals surface area contributed by atoms with E-state index < -0.39 is 49.5 Å². The highest BCUT2D eigenvalue weighted by Crippen LogP contribution is 2.23. The van der Waals surface area contributed by atoms with Gasteiger partial charge >= 0.3 is 0 Å². The maximum Gasteiger partial charge on any atom is 0.220 e. The maximum absolute atomic E-state index is 13.0. The molecule has 7 atom stereocenters. The molecule has 7 unspecified atom stereocenters. The first-order chi connectivity index (χ1) is 28.3. The molecule has 9 nitrogen and oxygen atoms in total. The van der Waals surface area contributed by atoms with Crippen molar-refractivity contribution in [3.63, 3.8) is 0 Å². The van der Waals surface area contributed by atoms with Gasteiger partial charge in [-0.1, -0.05) is 199 Å². The molecule has 0 spiro atoms. The van der Waals surface area contributed by atoms with E-state index >= 15 is 0 Å². The predicted molar refractivity (Wildman–Crippen MR) is 240 cm³/mol. The van der Waals surface area contributed by atoms with Gasteiger partial charge in [0.2, 0.25) is 5.91 Å². The normalized spacial score (nSPS) is 21.0. The highest BCUT2D eigenvalue weighted by molar-refractivity contribution is 5.76. The van der Waals surface area contributed by atoms with Crippen LogP contribution in [0.5, 0.6) is 0 Å². The number of ether oxygens (including phenoxy) is 2. The maximum atomic E-state index is 13.0. The van der Waals surface area contributed by atoms with Gasteiger partial charge < -0.3 is 40.3 Å². The number of amides is 1. The van der Waals surface area contributed by atoms with Crippen LogP contribution < -0.4 is 5.32 Å². The largest absolute Gasteiger partial charge is 0.394 e. The van der Waals surface area contributed by atoms with Crippen molar-refractivity contribution < 1.29 is 39.8 Å². The Bertz CT molecular complexity index is 961. The molecule has 0 aromatic rings. The summed E-state index contributed by atoms with van der Waals surface area (Å²) in [5.74, 6) is -0.149. The average molecular weight is 824 g/mol. The number of carbonyl (C=O) groups excluding carboxylic acids is 1. The summed E-state index contributed by atoms with van der Waals surface area (Å²) in [7, 11) is 0. The standard InChI is InChI=1S/C49H93NO8/c1-3-5-7-9-11-13-15-16-17-18-19-20-21-22-23-24-25-26-27-28-29-31-33-35-37-39-45(53)50-42(41-57-49-48(56)47(55)46(54)44(40-51)58-49)43(52)38-36-34-32-30-14-12-10-8-6-4-2/h19-20,22-23,42-44,46-49,51-52,54-56H,3-18,21,24-41H2,1-2H3,(H,50,53)/b20-19-,23-22-. The number of aliphatic hydroxyl groups is 5. The number of hydrogen-bond donors (Lipinski definition) is 6. The van der Waals surface area contributed by atoms with E-state index in [-0.39, 0.29) is 12.5 Å². The third-order valence-electron chi connectivity index (χ3n) is 11.8. The molecule has 1 heterocycles. The molecule has 0 radical (unpaired) electrons. The minimum atomic E-state index is -1.55. The average Bonchev–Trinajstić information content (AvgIpc) is 3.22. The smallest absolute Gasteiger partial charge is 0.220 e. The Morgan fingerprint density at radius 3 is 1.48 bits per heavy atom. The zero-order valence-corrected chi connectivity index (χ0v) is 37.6. The van der Waals surface area contributed by atoms with Crippen LogP contribution in [0.25, 0.3) is 0 Å². The second-order valence-corrected chi connectivity index (χ2v) is 17.3. The van der Waals surface area contributed by atoms with Crippen molar-refractivity contribution in [1.29, 1.82) is 0 Å². The number of carbonyl (C=O) groups is 1. The third-order valence-corrected chi connectivity index (χ3v) is 11.8. The number of unbranched alkanes of at least 4 members (excludes halogenated alkanes) is 27. The summed E-state index contributed by atoms with van der Waals surface area (Å²) in [6.45, 7) is 3.82. The van der Waals surface area contributed by atoms with Crippen molar-refractivity contribution in [2.24, 2.45) is 0 Å². The number of allylic oxidation sites excluding steroid dienone is 4. The van der Waals surface area contributed by atoms with Gasteiger partial charge in [0, 0.05) is 6.42 Å². The molecule has 1 aliphatic rings. The van der Waals surface area contributed by atoms with Crippen molar-refractivity contribution in [2.75, 3.05) is 13.2 Å². The molecule has 0 aromatic heterocycles. The van der Waals surface area contributed by atoms with E-state index in [1.54, 1.807) is 0 Å². The summed E-state index contributed by atoms with van der Waals surface area (Å²) in [6.07, 6.45) is 40.6. The molecular weight excluding hydrogens is 731 g/mol.